The van der Waals surface area contributed by atoms with Crippen molar-refractivity contribution in [1.29, 1.82) is 0 Å². The molecule has 0 radical (unpaired) electrons. The van der Waals surface area contributed by atoms with Gasteiger partial charge in [-0.2, -0.15) is 0 Å². The van der Waals surface area contributed by atoms with Crippen molar-refractivity contribution in [1.82, 2.24) is 20.4 Å². The van der Waals surface area contributed by atoms with Crippen molar-refractivity contribution < 1.29 is 36.9 Å². The normalized spacial score (nSPS) is 11.9. The zero-order valence-electron chi connectivity index (χ0n) is 26.0. The lowest BCUT2D eigenvalue weighted by Gasteiger charge is -2.25. The summed E-state index contributed by atoms with van der Waals surface area (Å²) in [5.41, 5.74) is 0. The molecule has 0 bridgehead atoms. The molecule has 14 heteroatoms. The molecule has 0 spiro atoms. The summed E-state index contributed by atoms with van der Waals surface area (Å²) in [5, 5.41) is 6.03. The van der Waals surface area contributed by atoms with E-state index in [0.717, 1.165) is 51.4 Å². The number of carbonyl (C=O) groups is 2. The van der Waals surface area contributed by atoms with E-state index in [1.807, 2.05) is 0 Å². The van der Waals surface area contributed by atoms with Crippen LogP contribution >= 0.6 is 0 Å². The molecule has 0 heterocycles. The molecule has 238 valence electrons. The summed E-state index contributed by atoms with van der Waals surface area (Å²) < 4.78 is 20.5. The molecule has 0 saturated heterocycles. The van der Waals surface area contributed by atoms with Crippen molar-refractivity contribution >= 4 is 29.7 Å². The summed E-state index contributed by atoms with van der Waals surface area (Å²) in [6, 6.07) is 0.667. The first-order chi connectivity index (χ1) is 19.1. The average molecular weight is 611 g/mol. The van der Waals surface area contributed by atoms with Crippen LogP contribution in [0.4, 0.5) is 9.59 Å². The van der Waals surface area contributed by atoms with Gasteiger partial charge in [-0.05, 0) is 38.5 Å². The number of nitrogens with one attached hydrogen (secondary N) is 2. The minimum atomic E-state index is -3.12. The second-order valence-electron chi connectivity index (χ2n) is 10.0. The van der Waals surface area contributed by atoms with E-state index >= 15 is 0 Å². The topological polar surface area (TPSA) is 142 Å². The monoisotopic (exact) mass is 610 g/mol. The van der Waals surface area contributed by atoms with Crippen LogP contribution in [0.25, 0.3) is 0 Å². The fourth-order valence-corrected chi connectivity index (χ4v) is 6.47. The molecule has 0 saturated carbocycles. The van der Waals surface area contributed by atoms with Crippen molar-refractivity contribution in [2.45, 2.75) is 90.1 Å². The van der Waals surface area contributed by atoms with Gasteiger partial charge in [-0.25, -0.2) is 9.59 Å². The van der Waals surface area contributed by atoms with Crippen LogP contribution in [0, 0.1) is 0 Å². The van der Waals surface area contributed by atoms with Gasteiger partial charge in [0.25, 0.3) is 0 Å². The number of hydrogen-bond donors (Lipinski definition) is 4. The number of hydrogen-bond acceptors (Lipinski definition) is 8. The van der Waals surface area contributed by atoms with Crippen LogP contribution in [0.3, 0.4) is 0 Å². The number of nitrogens with zero attached hydrogens (tertiary/aromatic N) is 2. The second-order valence-corrected chi connectivity index (χ2v) is 15.5. The maximum atomic E-state index is 12.7. The third-order valence-corrected chi connectivity index (χ3v) is 11.4. The van der Waals surface area contributed by atoms with Gasteiger partial charge in [0.1, 0.15) is 0 Å². The first kappa shape index (κ1) is 38.7. The number of urea groups is 2. The van der Waals surface area contributed by atoms with Gasteiger partial charge in [-0.15, -0.1) is 0 Å². The minimum absolute atomic E-state index is 0.0787. The van der Waals surface area contributed by atoms with Gasteiger partial charge in [0.2, 0.25) is 0 Å². The van der Waals surface area contributed by atoms with Crippen molar-refractivity contribution in [3.63, 3.8) is 0 Å². The summed E-state index contributed by atoms with van der Waals surface area (Å²) in [6.07, 6.45) is 8.75. The average Bonchev–Trinajstić information content (AvgIpc) is 2.97. The first-order valence-corrected chi connectivity index (χ1v) is 18.8. The Hall–Kier alpha value is -1.27. The zero-order chi connectivity index (χ0) is 30.3. The lowest BCUT2D eigenvalue weighted by Crippen LogP contribution is -2.44. The van der Waals surface area contributed by atoms with E-state index in [1.54, 1.807) is 9.80 Å². The fourth-order valence-electron chi connectivity index (χ4n) is 4.11. The zero-order valence-corrected chi connectivity index (χ0v) is 28.0. The fraction of sp³-hybridized carbons (Fsp3) is 0.923. The third kappa shape index (κ3) is 17.5. The summed E-state index contributed by atoms with van der Waals surface area (Å²) in [4.78, 5) is 49.4. The molecule has 0 aliphatic carbocycles. The third-order valence-electron chi connectivity index (χ3n) is 6.91. The molecular formula is C26H58N4O8Si2. The van der Waals surface area contributed by atoms with Crippen molar-refractivity contribution in [3.05, 3.63) is 0 Å². The van der Waals surface area contributed by atoms with E-state index in [1.165, 1.54) is 28.4 Å². The molecule has 4 amide bonds. The Balaban J connectivity index is 4.28. The standard InChI is InChI=1S/C26H58N4O8Si2/c1-7-9-19-29(21-15-23-39(33,35-3)36-4)25(31)27-17-13-11-12-14-18-28-26(32)30(20-10-8-2)22-16-24-40(34,37-5)38-6/h33-34H,7-24H2,1-6H3,(H,27,31)(H,28,32). The van der Waals surface area contributed by atoms with Gasteiger partial charge in [0.05, 0.1) is 0 Å². The van der Waals surface area contributed by atoms with E-state index in [0.29, 0.717) is 64.2 Å². The quantitative estimate of drug-likeness (QED) is 0.0910. The molecule has 0 atom stereocenters. The largest absolute Gasteiger partial charge is 0.497 e. The molecule has 4 N–H and O–H groups in total. The maximum absolute atomic E-state index is 12.7. The predicted molar refractivity (Wildman–Crippen MR) is 161 cm³/mol. The summed E-state index contributed by atoms with van der Waals surface area (Å²) >= 11 is 0. The molecule has 0 aliphatic heterocycles. The predicted octanol–water partition coefficient (Wildman–Crippen LogP) is 3.40. The lowest BCUT2D eigenvalue weighted by molar-refractivity contribution is 0.147. The van der Waals surface area contributed by atoms with Crippen LogP contribution < -0.4 is 10.6 Å². The Morgan fingerprint density at radius 2 is 0.900 bits per heavy atom. The van der Waals surface area contributed by atoms with E-state index in [2.05, 4.69) is 24.5 Å². The van der Waals surface area contributed by atoms with Gasteiger partial charge >= 0.3 is 29.7 Å². The van der Waals surface area contributed by atoms with Gasteiger partial charge in [-0.1, -0.05) is 39.5 Å². The van der Waals surface area contributed by atoms with Gasteiger partial charge in [0.15, 0.2) is 0 Å². The Labute approximate surface area is 244 Å². The van der Waals surface area contributed by atoms with Gasteiger partial charge < -0.3 is 47.7 Å². The van der Waals surface area contributed by atoms with Gasteiger partial charge in [0, 0.05) is 79.8 Å². The first-order valence-electron chi connectivity index (χ1n) is 14.8. The van der Waals surface area contributed by atoms with Crippen LogP contribution in [0.15, 0.2) is 0 Å². The summed E-state index contributed by atoms with van der Waals surface area (Å²) in [7, 11) is -0.440. The highest BCUT2D eigenvalue weighted by Gasteiger charge is 2.34. The molecule has 0 unspecified atom stereocenters. The lowest BCUT2D eigenvalue weighted by atomic mass is 10.2. The van der Waals surface area contributed by atoms with Gasteiger partial charge in [-0.3, -0.25) is 0 Å². The molecular weight excluding hydrogens is 552 g/mol. The van der Waals surface area contributed by atoms with E-state index in [-0.39, 0.29) is 12.1 Å². The number of rotatable bonds is 25. The van der Waals surface area contributed by atoms with Crippen LogP contribution in [0.1, 0.15) is 78.1 Å². The van der Waals surface area contributed by atoms with E-state index < -0.39 is 17.6 Å². The highest BCUT2D eigenvalue weighted by atomic mass is 28.4. The Kier molecular flexibility index (Phi) is 22.6. The van der Waals surface area contributed by atoms with Crippen LogP contribution in [-0.2, 0) is 17.7 Å². The molecule has 0 fully saturated rings. The number of amides is 4. The smallest absolute Gasteiger partial charge is 0.390 e. The molecule has 12 nitrogen and oxygen atoms in total. The number of carbonyl (C=O) groups excluding carboxylic acids is 2. The van der Waals surface area contributed by atoms with E-state index in [4.69, 9.17) is 17.7 Å². The summed E-state index contributed by atoms with van der Waals surface area (Å²) in [6.45, 7) is 7.84. The molecule has 0 aromatic carbocycles. The van der Waals surface area contributed by atoms with E-state index in [9.17, 15) is 19.2 Å². The van der Waals surface area contributed by atoms with Crippen molar-refractivity contribution in [2.75, 3.05) is 67.7 Å². The van der Waals surface area contributed by atoms with Crippen LogP contribution in [0.2, 0.25) is 12.1 Å². The van der Waals surface area contributed by atoms with Crippen molar-refractivity contribution in [2.24, 2.45) is 0 Å². The highest BCUT2D eigenvalue weighted by Crippen LogP contribution is 2.13. The number of unbranched alkanes of at least 4 members (excludes halogenated alkanes) is 5. The minimum Gasteiger partial charge on any atom is -0.390 e. The molecule has 0 aliphatic rings. The molecule has 40 heavy (non-hydrogen) atoms. The molecule has 0 rings (SSSR count). The molecule has 0 aromatic heterocycles. The summed E-state index contributed by atoms with van der Waals surface area (Å²) in [5.74, 6) is 0. The Bertz CT molecular complexity index is 604. The maximum Gasteiger partial charge on any atom is 0.497 e. The highest BCUT2D eigenvalue weighted by molar-refractivity contribution is 6.59. The van der Waals surface area contributed by atoms with Crippen molar-refractivity contribution in [3.8, 4) is 0 Å². The van der Waals surface area contributed by atoms with Crippen LogP contribution in [-0.4, -0.2) is 117 Å². The molecule has 0 aromatic rings. The Morgan fingerprint density at radius 1 is 0.575 bits per heavy atom. The SMILES string of the molecule is CCCCN(CCC[Si](O)(OC)OC)C(=O)NCCCCCCNC(=O)N(CCCC)CCC[Si](O)(OC)OC. The van der Waals surface area contributed by atoms with Crippen LogP contribution in [0.5, 0.6) is 0 Å². The second kappa shape index (κ2) is 23.3. The Morgan fingerprint density at radius 3 is 1.20 bits per heavy atom.